The van der Waals surface area contributed by atoms with Crippen LogP contribution in [0.2, 0.25) is 0 Å². The molecule has 0 atom stereocenters. The molecule has 0 radical (unpaired) electrons. The van der Waals surface area contributed by atoms with Gasteiger partial charge in [-0.3, -0.25) is 9.66 Å². The molecule has 2 rings (SSSR count). The zero-order valence-corrected chi connectivity index (χ0v) is 7.22. The van der Waals surface area contributed by atoms with Gasteiger partial charge in [-0.15, -0.1) is 0 Å². The first-order valence-corrected chi connectivity index (χ1v) is 4.21. The predicted octanol–water partition coefficient (Wildman–Crippen LogP) is 1.63. The Hall–Kier alpha value is -1.77. The van der Waals surface area contributed by atoms with Gasteiger partial charge in [0.15, 0.2) is 0 Å². The van der Waals surface area contributed by atoms with E-state index < -0.39 is 0 Å². The van der Waals surface area contributed by atoms with E-state index in [9.17, 15) is 0 Å². The van der Waals surface area contributed by atoms with E-state index in [0.717, 1.165) is 6.54 Å². The van der Waals surface area contributed by atoms with Gasteiger partial charge in [-0.2, -0.15) is 0 Å². The van der Waals surface area contributed by atoms with Crippen LogP contribution in [-0.2, 0) is 6.54 Å². The van der Waals surface area contributed by atoms with Gasteiger partial charge in [-0.05, 0) is 23.8 Å². The van der Waals surface area contributed by atoms with Crippen molar-refractivity contribution < 1.29 is 0 Å². The molecule has 66 valence electrons. The summed E-state index contributed by atoms with van der Waals surface area (Å²) in [5.74, 6) is 0. The van der Waals surface area contributed by atoms with Gasteiger partial charge in [0.1, 0.15) is 0 Å². The summed E-state index contributed by atoms with van der Waals surface area (Å²) in [4.78, 5) is 4.04. The van der Waals surface area contributed by atoms with Crippen molar-refractivity contribution in [2.45, 2.75) is 6.54 Å². The highest BCUT2D eigenvalue weighted by Gasteiger charge is 1.90. The fraction of sp³-hybridized carbons (Fsp3) is 0.100. The number of pyridine rings is 1. The highest BCUT2D eigenvalue weighted by atomic mass is 15.4. The molecular weight excluding hydrogens is 162 g/mol. The number of hydrogen-bond acceptors (Lipinski definition) is 2. The minimum Gasteiger partial charge on any atom is -0.322 e. The lowest BCUT2D eigenvalue weighted by molar-refractivity contribution is 0.844. The molecule has 0 aliphatic heterocycles. The van der Waals surface area contributed by atoms with E-state index in [2.05, 4.69) is 10.4 Å². The van der Waals surface area contributed by atoms with Crippen molar-refractivity contribution in [3.8, 4) is 0 Å². The molecule has 13 heavy (non-hydrogen) atoms. The van der Waals surface area contributed by atoms with Gasteiger partial charge in [0.25, 0.3) is 0 Å². The number of nitrogens with one attached hydrogen (secondary N) is 1. The highest BCUT2D eigenvalue weighted by Crippen LogP contribution is 1.95. The van der Waals surface area contributed by atoms with Crippen molar-refractivity contribution in [1.82, 2.24) is 9.66 Å². The van der Waals surface area contributed by atoms with Crippen LogP contribution in [0.4, 0.5) is 0 Å². The van der Waals surface area contributed by atoms with Crippen molar-refractivity contribution in [3.63, 3.8) is 0 Å². The van der Waals surface area contributed by atoms with E-state index in [4.69, 9.17) is 0 Å². The molecule has 0 fully saturated rings. The lowest BCUT2D eigenvalue weighted by Gasteiger charge is -2.06. The first-order valence-electron chi connectivity index (χ1n) is 4.21. The van der Waals surface area contributed by atoms with Crippen molar-refractivity contribution in [1.29, 1.82) is 0 Å². The summed E-state index contributed by atoms with van der Waals surface area (Å²) in [6.45, 7) is 0.794. The van der Waals surface area contributed by atoms with Gasteiger partial charge in [-0.25, -0.2) is 0 Å². The summed E-state index contributed by atoms with van der Waals surface area (Å²) in [6, 6.07) is 7.95. The van der Waals surface area contributed by atoms with Crippen LogP contribution in [0, 0.1) is 0 Å². The molecule has 0 aliphatic carbocycles. The van der Waals surface area contributed by atoms with E-state index in [1.807, 2.05) is 47.5 Å². The maximum Gasteiger partial charge on any atom is 0.0579 e. The molecule has 3 nitrogen and oxygen atoms in total. The Labute approximate surface area is 77.0 Å². The maximum absolute atomic E-state index is 4.04. The van der Waals surface area contributed by atoms with E-state index in [-0.39, 0.29) is 0 Å². The molecule has 0 saturated carbocycles. The molecule has 0 aliphatic rings. The fourth-order valence-electron chi connectivity index (χ4n) is 1.13. The van der Waals surface area contributed by atoms with E-state index in [1.165, 1.54) is 5.56 Å². The van der Waals surface area contributed by atoms with Crippen LogP contribution in [0.25, 0.3) is 0 Å². The molecule has 2 aromatic heterocycles. The van der Waals surface area contributed by atoms with Crippen LogP contribution in [0.1, 0.15) is 5.56 Å². The number of aromatic nitrogens is 2. The normalized spacial score (nSPS) is 9.85. The molecule has 0 saturated heterocycles. The fourth-order valence-corrected chi connectivity index (χ4v) is 1.13. The minimum absolute atomic E-state index is 0.794. The summed E-state index contributed by atoms with van der Waals surface area (Å²) in [5.41, 5.74) is 4.39. The van der Waals surface area contributed by atoms with Crippen molar-refractivity contribution in [3.05, 3.63) is 54.6 Å². The largest absolute Gasteiger partial charge is 0.322 e. The van der Waals surface area contributed by atoms with Gasteiger partial charge in [0, 0.05) is 24.8 Å². The topological polar surface area (TPSA) is 29.9 Å². The Kier molecular flexibility index (Phi) is 2.27. The van der Waals surface area contributed by atoms with Crippen LogP contribution >= 0.6 is 0 Å². The summed E-state index contributed by atoms with van der Waals surface area (Å²) in [5, 5.41) is 0. The lowest BCUT2D eigenvalue weighted by Crippen LogP contribution is -2.11. The van der Waals surface area contributed by atoms with Gasteiger partial charge in [0.05, 0.1) is 6.54 Å². The molecule has 0 unspecified atom stereocenters. The van der Waals surface area contributed by atoms with Crippen LogP contribution in [0.3, 0.4) is 0 Å². The summed E-state index contributed by atoms with van der Waals surface area (Å²) in [6.07, 6.45) is 7.57. The molecule has 0 amide bonds. The Morgan fingerprint density at radius 1 is 1.23 bits per heavy atom. The molecule has 2 heterocycles. The standard InChI is InChI=1S/C10H11N3/c1-2-7-13(6-1)12-9-10-4-3-5-11-8-10/h1-8,12H,9H2. The summed E-state index contributed by atoms with van der Waals surface area (Å²) >= 11 is 0. The number of nitrogens with zero attached hydrogens (tertiary/aromatic N) is 2. The van der Waals surface area contributed by atoms with Crippen LogP contribution in [0.5, 0.6) is 0 Å². The Bertz CT molecular complexity index is 340. The maximum atomic E-state index is 4.04. The smallest absolute Gasteiger partial charge is 0.0579 e. The summed E-state index contributed by atoms with van der Waals surface area (Å²) < 4.78 is 1.92. The highest BCUT2D eigenvalue weighted by molar-refractivity contribution is 5.10. The Balaban J connectivity index is 1.94. The van der Waals surface area contributed by atoms with Gasteiger partial charge >= 0.3 is 0 Å². The molecular formula is C10H11N3. The minimum atomic E-state index is 0.794. The molecule has 0 bridgehead atoms. The quantitative estimate of drug-likeness (QED) is 0.764. The second kappa shape index (κ2) is 3.76. The van der Waals surface area contributed by atoms with Crippen LogP contribution < -0.4 is 5.43 Å². The summed E-state index contributed by atoms with van der Waals surface area (Å²) in [7, 11) is 0. The molecule has 0 spiro atoms. The monoisotopic (exact) mass is 173 g/mol. The van der Waals surface area contributed by atoms with Gasteiger partial charge < -0.3 is 5.43 Å². The molecule has 3 heteroatoms. The van der Waals surface area contributed by atoms with E-state index >= 15 is 0 Å². The van der Waals surface area contributed by atoms with Crippen molar-refractivity contribution >= 4 is 0 Å². The van der Waals surface area contributed by atoms with Crippen LogP contribution in [-0.4, -0.2) is 9.66 Å². The van der Waals surface area contributed by atoms with Gasteiger partial charge in [-0.1, -0.05) is 6.07 Å². The first kappa shape index (κ1) is 7.86. The third kappa shape index (κ3) is 2.08. The Morgan fingerprint density at radius 3 is 2.77 bits per heavy atom. The second-order valence-electron chi connectivity index (χ2n) is 2.79. The average molecular weight is 173 g/mol. The number of rotatable bonds is 3. The zero-order chi connectivity index (χ0) is 8.93. The Morgan fingerprint density at radius 2 is 2.08 bits per heavy atom. The number of hydrogen-bond donors (Lipinski definition) is 1. The third-order valence-corrected chi connectivity index (χ3v) is 1.79. The lowest BCUT2D eigenvalue weighted by atomic mass is 10.3. The van der Waals surface area contributed by atoms with Gasteiger partial charge in [0.2, 0.25) is 0 Å². The third-order valence-electron chi connectivity index (χ3n) is 1.79. The van der Waals surface area contributed by atoms with Crippen molar-refractivity contribution in [2.75, 3.05) is 5.43 Å². The van der Waals surface area contributed by atoms with Crippen molar-refractivity contribution in [2.24, 2.45) is 0 Å². The molecule has 0 aromatic carbocycles. The molecule has 2 aromatic rings. The predicted molar refractivity (Wildman–Crippen MR) is 51.7 cm³/mol. The van der Waals surface area contributed by atoms with Crippen LogP contribution in [0.15, 0.2) is 49.1 Å². The first-order chi connectivity index (χ1) is 6.45. The second-order valence-corrected chi connectivity index (χ2v) is 2.79. The average Bonchev–Trinajstić information content (AvgIpc) is 2.69. The SMILES string of the molecule is c1cncc(CNn2cccc2)c1. The zero-order valence-electron chi connectivity index (χ0n) is 7.22. The molecule has 1 N–H and O–H groups in total. The van der Waals surface area contributed by atoms with E-state index in [0.29, 0.717) is 0 Å². The van der Waals surface area contributed by atoms with E-state index in [1.54, 1.807) is 6.20 Å².